The number of esters is 1. The lowest BCUT2D eigenvalue weighted by Crippen LogP contribution is -2.38. The molecule has 0 spiro atoms. The van der Waals surface area contributed by atoms with Gasteiger partial charge in [-0.1, -0.05) is 72.8 Å². The normalized spacial score (nSPS) is 16.0. The van der Waals surface area contributed by atoms with Gasteiger partial charge in [0.2, 0.25) is 0 Å². The number of amides is 1. The van der Waals surface area contributed by atoms with Crippen LogP contribution in [0.4, 0.5) is 0 Å². The van der Waals surface area contributed by atoms with Crippen LogP contribution in [0.1, 0.15) is 37.7 Å². The van der Waals surface area contributed by atoms with Gasteiger partial charge < -0.3 is 14.8 Å². The van der Waals surface area contributed by atoms with Crippen LogP contribution in [0.3, 0.4) is 0 Å². The van der Waals surface area contributed by atoms with Crippen molar-refractivity contribution < 1.29 is 19.1 Å². The Labute approximate surface area is 219 Å². The van der Waals surface area contributed by atoms with Crippen molar-refractivity contribution in [3.05, 3.63) is 90.0 Å². The number of ether oxygens (including phenoxy) is 2. The molecule has 1 aliphatic heterocycles. The molecule has 1 saturated heterocycles. The standard InChI is InChI=1S/C31H36N2O4/c1-36-30(34)18-7-3-6-14-26(23-37-29-17-10-15-25-13-8-9-16-28(25)29)31(35)32-27-19-20-33(22-27)21-24-11-4-2-5-12-24/h2,4-5,8-17,27H,3,6-7,18-23H2,1H3,(H,32,35)/b26-14+. The van der Waals surface area contributed by atoms with Crippen molar-refractivity contribution >= 4 is 22.6 Å². The van der Waals surface area contributed by atoms with Crippen LogP contribution in [0, 0.1) is 0 Å². The summed E-state index contributed by atoms with van der Waals surface area (Å²) in [5, 5.41) is 5.36. The number of likely N-dealkylation sites (tertiary alicyclic amines) is 1. The summed E-state index contributed by atoms with van der Waals surface area (Å²) in [5.41, 5.74) is 1.90. The molecule has 0 radical (unpaired) electrons. The van der Waals surface area contributed by atoms with E-state index in [1.54, 1.807) is 0 Å². The van der Waals surface area contributed by atoms with Crippen molar-refractivity contribution in [1.29, 1.82) is 0 Å². The lowest BCUT2D eigenvalue weighted by Gasteiger charge is -2.18. The molecule has 1 atom stereocenters. The minimum atomic E-state index is -0.206. The van der Waals surface area contributed by atoms with Gasteiger partial charge in [0, 0.05) is 37.5 Å². The van der Waals surface area contributed by atoms with E-state index in [1.807, 2.05) is 54.6 Å². The first-order valence-electron chi connectivity index (χ1n) is 13.1. The van der Waals surface area contributed by atoms with E-state index in [1.165, 1.54) is 12.7 Å². The van der Waals surface area contributed by atoms with Crippen LogP contribution in [-0.2, 0) is 20.9 Å². The average Bonchev–Trinajstić information content (AvgIpc) is 3.36. The van der Waals surface area contributed by atoms with Crippen LogP contribution in [0.5, 0.6) is 5.75 Å². The fraction of sp³-hybridized carbons (Fsp3) is 0.355. The zero-order chi connectivity index (χ0) is 25.9. The van der Waals surface area contributed by atoms with Gasteiger partial charge in [-0.3, -0.25) is 14.5 Å². The summed E-state index contributed by atoms with van der Waals surface area (Å²) in [6, 6.07) is 24.5. The molecule has 3 aromatic carbocycles. The fourth-order valence-electron chi connectivity index (χ4n) is 4.70. The van der Waals surface area contributed by atoms with Gasteiger partial charge in [0.1, 0.15) is 12.4 Å². The number of allylic oxidation sites excluding steroid dienone is 1. The van der Waals surface area contributed by atoms with E-state index in [4.69, 9.17) is 9.47 Å². The number of unbranched alkanes of at least 4 members (excludes halogenated alkanes) is 2. The van der Waals surface area contributed by atoms with E-state index >= 15 is 0 Å². The van der Waals surface area contributed by atoms with Gasteiger partial charge in [-0.25, -0.2) is 0 Å². The summed E-state index contributed by atoms with van der Waals surface area (Å²) in [5.74, 6) is 0.472. The predicted molar refractivity (Wildman–Crippen MR) is 146 cm³/mol. The lowest BCUT2D eigenvalue weighted by atomic mass is 10.1. The molecule has 6 nitrogen and oxygen atoms in total. The van der Waals surface area contributed by atoms with Crippen molar-refractivity contribution in [2.75, 3.05) is 26.8 Å². The number of methoxy groups -OCH3 is 1. The number of carbonyl (C=O) groups excluding carboxylic acids is 2. The zero-order valence-corrected chi connectivity index (χ0v) is 21.5. The third-order valence-corrected chi connectivity index (χ3v) is 6.73. The molecule has 4 rings (SSSR count). The van der Waals surface area contributed by atoms with Crippen molar-refractivity contribution in [3.8, 4) is 5.75 Å². The maximum absolute atomic E-state index is 13.3. The Kier molecular flexibility index (Phi) is 9.72. The molecule has 1 N–H and O–H groups in total. The Balaban J connectivity index is 1.37. The van der Waals surface area contributed by atoms with E-state index in [0.29, 0.717) is 18.4 Å². The first kappa shape index (κ1) is 26.4. The van der Waals surface area contributed by atoms with E-state index < -0.39 is 0 Å². The molecular formula is C31H36N2O4. The lowest BCUT2D eigenvalue weighted by molar-refractivity contribution is -0.140. The van der Waals surface area contributed by atoms with Gasteiger partial charge in [-0.15, -0.1) is 0 Å². The molecule has 0 aromatic heterocycles. The topological polar surface area (TPSA) is 67.9 Å². The largest absolute Gasteiger partial charge is 0.488 e. The molecule has 1 heterocycles. The van der Waals surface area contributed by atoms with Crippen molar-refractivity contribution in [1.82, 2.24) is 10.2 Å². The molecule has 6 heteroatoms. The van der Waals surface area contributed by atoms with Crippen molar-refractivity contribution in [2.24, 2.45) is 0 Å². The van der Waals surface area contributed by atoms with Crippen molar-refractivity contribution in [2.45, 2.75) is 44.7 Å². The highest BCUT2D eigenvalue weighted by atomic mass is 16.5. The van der Waals surface area contributed by atoms with Gasteiger partial charge >= 0.3 is 5.97 Å². The van der Waals surface area contributed by atoms with Crippen LogP contribution < -0.4 is 10.1 Å². The predicted octanol–water partition coefficient (Wildman–Crippen LogP) is 5.27. The number of hydrogen-bond donors (Lipinski definition) is 1. The second-order valence-electron chi connectivity index (χ2n) is 9.50. The van der Waals surface area contributed by atoms with Gasteiger partial charge in [-0.2, -0.15) is 0 Å². The molecule has 1 fully saturated rings. The minimum Gasteiger partial charge on any atom is -0.488 e. The summed E-state index contributed by atoms with van der Waals surface area (Å²) in [6.45, 7) is 2.87. The second-order valence-corrected chi connectivity index (χ2v) is 9.50. The van der Waals surface area contributed by atoms with Gasteiger partial charge in [-0.05, 0) is 42.7 Å². The van der Waals surface area contributed by atoms with Gasteiger partial charge in [0.15, 0.2) is 0 Å². The third kappa shape index (κ3) is 7.92. The van der Waals surface area contributed by atoms with E-state index in [2.05, 4.69) is 34.5 Å². The summed E-state index contributed by atoms with van der Waals surface area (Å²) in [7, 11) is 1.40. The average molecular weight is 501 g/mol. The highest BCUT2D eigenvalue weighted by Gasteiger charge is 2.25. The number of nitrogens with zero attached hydrogens (tertiary/aromatic N) is 1. The summed E-state index contributed by atoms with van der Waals surface area (Å²) in [6.07, 6.45) is 5.48. The number of fused-ring (bicyclic) bond motifs is 1. The molecule has 194 valence electrons. The molecular weight excluding hydrogens is 464 g/mol. The smallest absolute Gasteiger partial charge is 0.305 e. The molecule has 1 aliphatic rings. The molecule has 37 heavy (non-hydrogen) atoms. The van der Waals surface area contributed by atoms with Crippen molar-refractivity contribution in [3.63, 3.8) is 0 Å². The fourth-order valence-corrected chi connectivity index (χ4v) is 4.70. The van der Waals surface area contributed by atoms with Crippen LogP contribution in [0.25, 0.3) is 10.8 Å². The molecule has 3 aromatic rings. The number of hydrogen-bond acceptors (Lipinski definition) is 5. The van der Waals surface area contributed by atoms with Crippen LogP contribution in [0.15, 0.2) is 84.4 Å². The Morgan fingerprint density at radius 3 is 2.62 bits per heavy atom. The minimum absolute atomic E-state index is 0.0836. The third-order valence-electron chi connectivity index (χ3n) is 6.73. The Bertz CT molecular complexity index is 1200. The quantitative estimate of drug-likeness (QED) is 0.209. The van der Waals surface area contributed by atoms with Crippen LogP contribution in [-0.4, -0.2) is 49.6 Å². The Morgan fingerprint density at radius 2 is 1.78 bits per heavy atom. The molecule has 0 bridgehead atoms. The first-order chi connectivity index (χ1) is 18.1. The maximum atomic E-state index is 13.3. The second kappa shape index (κ2) is 13.6. The van der Waals surface area contributed by atoms with Gasteiger partial charge in [0.05, 0.1) is 12.7 Å². The van der Waals surface area contributed by atoms with Crippen LogP contribution >= 0.6 is 0 Å². The van der Waals surface area contributed by atoms with Gasteiger partial charge in [0.25, 0.3) is 5.91 Å². The van der Waals surface area contributed by atoms with E-state index in [-0.39, 0.29) is 24.5 Å². The highest BCUT2D eigenvalue weighted by molar-refractivity contribution is 5.94. The Hall–Kier alpha value is -3.64. The van der Waals surface area contributed by atoms with E-state index in [0.717, 1.165) is 55.4 Å². The molecule has 1 unspecified atom stereocenters. The Morgan fingerprint density at radius 1 is 1.00 bits per heavy atom. The number of nitrogens with one attached hydrogen (secondary N) is 1. The zero-order valence-electron chi connectivity index (χ0n) is 21.5. The SMILES string of the molecule is COC(=O)CCCC/C=C(\COc1cccc2ccccc12)C(=O)NC1CCN(Cc2ccccc2)C1. The number of rotatable bonds is 12. The first-order valence-corrected chi connectivity index (χ1v) is 13.1. The molecule has 1 amide bonds. The highest BCUT2D eigenvalue weighted by Crippen LogP contribution is 2.25. The number of benzene rings is 3. The number of carbonyl (C=O) groups is 2. The van der Waals surface area contributed by atoms with Crippen LogP contribution in [0.2, 0.25) is 0 Å². The summed E-state index contributed by atoms with van der Waals surface area (Å²) in [4.78, 5) is 27.1. The van der Waals surface area contributed by atoms with E-state index in [9.17, 15) is 9.59 Å². The summed E-state index contributed by atoms with van der Waals surface area (Å²) >= 11 is 0. The monoisotopic (exact) mass is 500 g/mol. The maximum Gasteiger partial charge on any atom is 0.305 e. The molecule has 0 saturated carbocycles. The molecule has 0 aliphatic carbocycles. The summed E-state index contributed by atoms with van der Waals surface area (Å²) < 4.78 is 10.9.